The maximum absolute atomic E-state index is 12.8. The van der Waals surface area contributed by atoms with Gasteiger partial charge < -0.3 is 0 Å². The quantitative estimate of drug-likeness (QED) is 0.825. The summed E-state index contributed by atoms with van der Waals surface area (Å²) >= 11 is 0. The molecule has 0 bridgehead atoms. The summed E-state index contributed by atoms with van der Waals surface area (Å²) in [7, 11) is 1.73. The molecule has 2 aliphatic rings. The minimum Gasteiger partial charge on any atom is -0.298 e. The van der Waals surface area contributed by atoms with Crippen LogP contribution in [0.15, 0.2) is 23.0 Å². The molecule has 125 valence electrons. The lowest BCUT2D eigenvalue weighted by atomic mass is 10.1. The van der Waals surface area contributed by atoms with Crippen LogP contribution in [0.25, 0.3) is 11.0 Å². The number of carbonyl (C=O) groups is 2. The Bertz CT molecular complexity index is 891. The van der Waals surface area contributed by atoms with E-state index < -0.39 is 11.9 Å². The van der Waals surface area contributed by atoms with Crippen LogP contribution in [0.1, 0.15) is 24.4 Å². The van der Waals surface area contributed by atoms with Gasteiger partial charge in [-0.25, -0.2) is 4.79 Å². The Kier molecular flexibility index (Phi) is 3.53. The average molecular weight is 327 g/mol. The van der Waals surface area contributed by atoms with Crippen molar-refractivity contribution >= 4 is 22.8 Å². The number of nitrogens with zero attached hydrogens (tertiary/aromatic N) is 3. The predicted octanol–water partition coefficient (Wildman–Crippen LogP) is 0.338. The predicted molar refractivity (Wildman–Crippen MR) is 88.2 cm³/mol. The number of aryl methyl sites for hydroxylation is 1. The first-order valence-corrected chi connectivity index (χ1v) is 8.13. The number of amides is 2. The molecule has 0 spiro atoms. The van der Waals surface area contributed by atoms with Gasteiger partial charge in [0.2, 0.25) is 11.8 Å². The topological polar surface area (TPSA) is 76.3 Å². The number of carbonyl (C=O) groups excluding carboxylic acids is 2. The third-order valence-corrected chi connectivity index (χ3v) is 4.88. The molecule has 1 unspecified atom stereocenters. The first kappa shape index (κ1) is 15.1. The van der Waals surface area contributed by atoms with Gasteiger partial charge in [-0.3, -0.25) is 28.9 Å². The lowest BCUT2D eigenvalue weighted by Gasteiger charge is -2.30. The first-order chi connectivity index (χ1) is 11.6. The van der Waals surface area contributed by atoms with Crippen molar-refractivity contribution in [3.63, 3.8) is 0 Å². The fraction of sp³-hybridized carbons (Fsp3) is 0.412. The van der Waals surface area contributed by atoms with Gasteiger partial charge in [0.1, 0.15) is 6.04 Å². The van der Waals surface area contributed by atoms with E-state index in [0.717, 1.165) is 36.2 Å². The SMILES string of the molecule is Cn1c(=O)n(C2CCC(=O)NC2=O)c2cccc(CN3C[CH]C3)c21. The number of fused-ring (bicyclic) bond motifs is 1. The van der Waals surface area contributed by atoms with Crippen LogP contribution in [0.4, 0.5) is 0 Å². The van der Waals surface area contributed by atoms with Gasteiger partial charge in [-0.2, -0.15) is 0 Å². The number of hydrogen-bond acceptors (Lipinski definition) is 4. The first-order valence-electron chi connectivity index (χ1n) is 8.13. The molecule has 1 radical (unpaired) electrons. The molecule has 0 aliphatic carbocycles. The smallest absolute Gasteiger partial charge is 0.298 e. The van der Waals surface area contributed by atoms with Crippen molar-refractivity contribution in [1.29, 1.82) is 0 Å². The molecular weight excluding hydrogens is 308 g/mol. The van der Waals surface area contributed by atoms with E-state index in [-0.39, 0.29) is 18.0 Å². The average Bonchev–Trinajstić information content (AvgIpc) is 2.76. The second-order valence-electron chi connectivity index (χ2n) is 6.45. The van der Waals surface area contributed by atoms with Crippen LogP contribution in [-0.2, 0) is 23.2 Å². The number of imide groups is 1. The van der Waals surface area contributed by atoms with Gasteiger partial charge in [-0.15, -0.1) is 0 Å². The minimum atomic E-state index is -0.633. The normalized spacial score (nSPS) is 21.8. The van der Waals surface area contributed by atoms with E-state index in [4.69, 9.17) is 0 Å². The highest BCUT2D eigenvalue weighted by Gasteiger charge is 2.31. The summed E-state index contributed by atoms with van der Waals surface area (Å²) < 4.78 is 3.14. The van der Waals surface area contributed by atoms with Crippen molar-refractivity contribution < 1.29 is 9.59 Å². The van der Waals surface area contributed by atoms with Crippen LogP contribution in [0.3, 0.4) is 0 Å². The molecular formula is C17H19N4O3. The maximum Gasteiger partial charge on any atom is 0.329 e. The van der Waals surface area contributed by atoms with Crippen molar-refractivity contribution in [2.75, 3.05) is 13.1 Å². The van der Waals surface area contributed by atoms with Crippen LogP contribution in [0, 0.1) is 6.42 Å². The molecule has 1 aromatic heterocycles. The number of hydrogen-bond donors (Lipinski definition) is 1. The second-order valence-corrected chi connectivity index (χ2v) is 6.45. The van der Waals surface area contributed by atoms with Gasteiger partial charge in [-0.1, -0.05) is 12.1 Å². The highest BCUT2D eigenvalue weighted by molar-refractivity contribution is 6.00. The Morgan fingerprint density at radius 2 is 2.00 bits per heavy atom. The Labute approximate surface area is 138 Å². The van der Waals surface area contributed by atoms with E-state index >= 15 is 0 Å². The van der Waals surface area contributed by atoms with Gasteiger partial charge >= 0.3 is 5.69 Å². The van der Waals surface area contributed by atoms with Gasteiger partial charge in [0.25, 0.3) is 0 Å². The summed E-state index contributed by atoms with van der Waals surface area (Å²) in [4.78, 5) is 38.7. The highest BCUT2D eigenvalue weighted by Crippen LogP contribution is 2.26. The third kappa shape index (κ3) is 2.27. The molecule has 3 heterocycles. The summed E-state index contributed by atoms with van der Waals surface area (Å²) in [6.45, 7) is 2.69. The minimum absolute atomic E-state index is 0.220. The van der Waals surface area contributed by atoms with Crippen molar-refractivity contribution in [1.82, 2.24) is 19.4 Å². The molecule has 2 aliphatic heterocycles. The van der Waals surface area contributed by atoms with Gasteiger partial charge in [0.15, 0.2) is 0 Å². The number of piperidine rings is 1. The number of nitrogens with one attached hydrogen (secondary N) is 1. The number of benzene rings is 1. The van der Waals surface area contributed by atoms with Crippen LogP contribution in [0.2, 0.25) is 0 Å². The van der Waals surface area contributed by atoms with Crippen LogP contribution in [-0.4, -0.2) is 38.9 Å². The second kappa shape index (κ2) is 5.59. The molecule has 1 N–H and O–H groups in total. The lowest BCUT2D eigenvalue weighted by molar-refractivity contribution is -0.135. The molecule has 2 aromatic rings. The zero-order valence-electron chi connectivity index (χ0n) is 13.5. The van der Waals surface area contributed by atoms with E-state index in [1.807, 2.05) is 18.2 Å². The molecule has 4 rings (SSSR count). The molecule has 0 saturated carbocycles. The lowest BCUT2D eigenvalue weighted by Crippen LogP contribution is -2.44. The van der Waals surface area contributed by atoms with Crippen molar-refractivity contribution in [2.24, 2.45) is 7.05 Å². The fourth-order valence-electron chi connectivity index (χ4n) is 3.56. The number of para-hydroxylation sites is 1. The molecule has 2 amide bonds. The molecule has 2 fully saturated rings. The Morgan fingerprint density at radius 1 is 1.21 bits per heavy atom. The monoisotopic (exact) mass is 327 g/mol. The number of imidazole rings is 1. The van der Waals surface area contributed by atoms with Crippen LogP contribution in [0.5, 0.6) is 0 Å². The zero-order valence-corrected chi connectivity index (χ0v) is 13.5. The van der Waals surface area contributed by atoms with Crippen molar-refractivity contribution in [3.8, 4) is 0 Å². The van der Waals surface area contributed by atoms with Gasteiger partial charge in [0.05, 0.1) is 11.0 Å². The molecule has 24 heavy (non-hydrogen) atoms. The number of likely N-dealkylation sites (tertiary alicyclic amines) is 1. The molecule has 7 nitrogen and oxygen atoms in total. The summed E-state index contributed by atoms with van der Waals surface area (Å²) in [5, 5.41) is 2.33. The molecule has 2 saturated heterocycles. The Balaban J connectivity index is 1.83. The standard InChI is InChI=1S/C17H19N4O3/c1-19-15-11(10-20-8-3-9-20)4-2-5-12(15)21(17(19)24)13-6-7-14(22)18-16(13)23/h2-5,13H,6-10H2,1H3,(H,18,22,23). The van der Waals surface area contributed by atoms with E-state index in [0.29, 0.717) is 6.42 Å². The van der Waals surface area contributed by atoms with E-state index in [9.17, 15) is 14.4 Å². The van der Waals surface area contributed by atoms with Gasteiger partial charge in [0, 0.05) is 33.1 Å². The fourth-order valence-corrected chi connectivity index (χ4v) is 3.56. The van der Waals surface area contributed by atoms with E-state index in [1.54, 1.807) is 11.6 Å². The highest BCUT2D eigenvalue weighted by atomic mass is 16.2. The summed E-state index contributed by atoms with van der Waals surface area (Å²) in [5.41, 5.74) is 2.46. The van der Waals surface area contributed by atoms with Crippen LogP contribution < -0.4 is 11.0 Å². The van der Waals surface area contributed by atoms with Gasteiger partial charge in [-0.05, 0) is 24.5 Å². The molecule has 1 aromatic carbocycles. The summed E-state index contributed by atoms with van der Waals surface area (Å²) in [5.74, 6) is -0.678. The Morgan fingerprint density at radius 3 is 2.67 bits per heavy atom. The Hall–Kier alpha value is -2.41. The molecule has 1 atom stereocenters. The number of aromatic nitrogens is 2. The number of rotatable bonds is 3. The zero-order chi connectivity index (χ0) is 16.8. The maximum atomic E-state index is 12.8. The largest absolute Gasteiger partial charge is 0.329 e. The van der Waals surface area contributed by atoms with Crippen molar-refractivity contribution in [2.45, 2.75) is 25.4 Å². The van der Waals surface area contributed by atoms with E-state index in [2.05, 4.69) is 16.6 Å². The van der Waals surface area contributed by atoms with E-state index in [1.165, 1.54) is 4.57 Å². The van der Waals surface area contributed by atoms with Crippen LogP contribution >= 0.6 is 0 Å². The summed E-state index contributed by atoms with van der Waals surface area (Å²) in [6.07, 6.45) is 2.81. The molecule has 7 heteroatoms. The third-order valence-electron chi connectivity index (χ3n) is 4.88. The van der Waals surface area contributed by atoms with Crippen molar-refractivity contribution in [3.05, 3.63) is 40.7 Å². The summed E-state index contributed by atoms with van der Waals surface area (Å²) in [6, 6.07) is 5.18.